The summed E-state index contributed by atoms with van der Waals surface area (Å²) in [5, 5.41) is 12.0. The fraction of sp³-hybridized carbons (Fsp3) is 0.154. The Morgan fingerprint density at radius 2 is 1.68 bits per heavy atom. The molecule has 0 spiro atoms. The highest BCUT2D eigenvalue weighted by Crippen LogP contribution is 2.43. The van der Waals surface area contributed by atoms with Gasteiger partial charge in [0.2, 0.25) is 0 Å². The Balaban J connectivity index is 1.90. The van der Waals surface area contributed by atoms with Crippen LogP contribution in [0.15, 0.2) is 72.3 Å². The SMILES string of the molecule is CCOc1ccc(C2/C(=C(/O)c3ccc(OC)c(Cl)c3)C(=O)C(=O)N2c2ccc(Cl)cc2)cc1. The van der Waals surface area contributed by atoms with Crippen molar-refractivity contribution in [1.29, 1.82) is 0 Å². The van der Waals surface area contributed by atoms with E-state index in [4.69, 9.17) is 32.7 Å². The van der Waals surface area contributed by atoms with E-state index in [0.717, 1.165) is 0 Å². The topological polar surface area (TPSA) is 76.1 Å². The number of benzene rings is 3. The number of aliphatic hydroxyl groups is 1. The van der Waals surface area contributed by atoms with Crippen molar-refractivity contribution in [3.05, 3.63) is 93.5 Å². The Hall–Kier alpha value is -3.48. The summed E-state index contributed by atoms with van der Waals surface area (Å²) in [5.74, 6) is -0.835. The average molecular weight is 498 g/mol. The molecule has 1 amide bonds. The maximum atomic E-state index is 13.2. The van der Waals surface area contributed by atoms with E-state index in [9.17, 15) is 14.7 Å². The molecule has 1 aliphatic rings. The molecule has 1 unspecified atom stereocenters. The maximum absolute atomic E-state index is 13.2. The number of nitrogens with zero attached hydrogens (tertiary/aromatic N) is 1. The Morgan fingerprint density at radius 1 is 1.00 bits per heavy atom. The van der Waals surface area contributed by atoms with E-state index in [-0.39, 0.29) is 21.9 Å². The summed E-state index contributed by atoms with van der Waals surface area (Å²) in [4.78, 5) is 27.8. The van der Waals surface area contributed by atoms with E-state index in [2.05, 4.69) is 0 Å². The van der Waals surface area contributed by atoms with Gasteiger partial charge in [-0.1, -0.05) is 35.3 Å². The number of hydrogen-bond acceptors (Lipinski definition) is 5. The third-order valence-electron chi connectivity index (χ3n) is 5.48. The van der Waals surface area contributed by atoms with Crippen molar-refractivity contribution in [3.63, 3.8) is 0 Å². The second-order valence-corrected chi connectivity index (χ2v) is 8.34. The average Bonchev–Trinajstić information content (AvgIpc) is 3.10. The van der Waals surface area contributed by atoms with E-state index >= 15 is 0 Å². The summed E-state index contributed by atoms with van der Waals surface area (Å²) in [6.07, 6.45) is 0. The number of carbonyl (C=O) groups is 2. The quantitative estimate of drug-likeness (QED) is 0.255. The Kier molecular flexibility index (Phi) is 6.82. The van der Waals surface area contributed by atoms with Gasteiger partial charge in [0.15, 0.2) is 0 Å². The lowest BCUT2D eigenvalue weighted by atomic mass is 9.95. The number of anilines is 1. The van der Waals surface area contributed by atoms with Crippen LogP contribution >= 0.6 is 23.2 Å². The third kappa shape index (κ3) is 4.34. The van der Waals surface area contributed by atoms with E-state index in [0.29, 0.717) is 34.4 Å². The van der Waals surface area contributed by atoms with Crippen LogP contribution in [0.1, 0.15) is 24.1 Å². The zero-order valence-electron chi connectivity index (χ0n) is 18.4. The fourth-order valence-electron chi connectivity index (χ4n) is 3.90. The van der Waals surface area contributed by atoms with Crippen LogP contribution in [0.25, 0.3) is 5.76 Å². The van der Waals surface area contributed by atoms with E-state index in [1.54, 1.807) is 60.7 Å². The number of aliphatic hydroxyl groups excluding tert-OH is 1. The van der Waals surface area contributed by atoms with Gasteiger partial charge in [0.1, 0.15) is 17.3 Å². The van der Waals surface area contributed by atoms with Crippen molar-refractivity contribution < 1.29 is 24.2 Å². The second kappa shape index (κ2) is 9.79. The number of carbonyl (C=O) groups excluding carboxylic acids is 2. The minimum atomic E-state index is -0.877. The smallest absolute Gasteiger partial charge is 0.300 e. The minimum absolute atomic E-state index is 0.0506. The Morgan fingerprint density at radius 3 is 2.26 bits per heavy atom. The van der Waals surface area contributed by atoms with Crippen LogP contribution in [0.4, 0.5) is 5.69 Å². The van der Waals surface area contributed by atoms with Crippen molar-refractivity contribution >= 4 is 46.3 Å². The summed E-state index contributed by atoms with van der Waals surface area (Å²) < 4.78 is 10.7. The van der Waals surface area contributed by atoms with Crippen LogP contribution in [0.3, 0.4) is 0 Å². The molecule has 174 valence electrons. The van der Waals surface area contributed by atoms with Crippen molar-refractivity contribution in [2.45, 2.75) is 13.0 Å². The largest absolute Gasteiger partial charge is 0.507 e. The molecule has 4 rings (SSSR count). The molecular formula is C26H21Cl2NO5. The fourth-order valence-corrected chi connectivity index (χ4v) is 4.28. The maximum Gasteiger partial charge on any atom is 0.300 e. The predicted octanol–water partition coefficient (Wildman–Crippen LogP) is 6.03. The summed E-state index contributed by atoms with van der Waals surface area (Å²) in [7, 11) is 1.48. The van der Waals surface area contributed by atoms with Crippen LogP contribution in [0, 0.1) is 0 Å². The van der Waals surface area contributed by atoms with Gasteiger partial charge in [-0.25, -0.2) is 0 Å². The Bertz CT molecular complexity index is 1270. The molecule has 1 aliphatic heterocycles. The van der Waals surface area contributed by atoms with Gasteiger partial charge in [0, 0.05) is 16.3 Å². The molecular weight excluding hydrogens is 477 g/mol. The molecule has 3 aromatic carbocycles. The first kappa shape index (κ1) is 23.7. The van der Waals surface area contributed by atoms with Gasteiger partial charge < -0.3 is 14.6 Å². The van der Waals surface area contributed by atoms with E-state index in [1.165, 1.54) is 18.1 Å². The van der Waals surface area contributed by atoms with Crippen LogP contribution in [-0.2, 0) is 9.59 Å². The van der Waals surface area contributed by atoms with Crippen molar-refractivity contribution in [3.8, 4) is 11.5 Å². The molecule has 0 bridgehead atoms. The number of ketones is 1. The van der Waals surface area contributed by atoms with Crippen molar-refractivity contribution in [2.75, 3.05) is 18.6 Å². The minimum Gasteiger partial charge on any atom is -0.507 e. The summed E-state index contributed by atoms with van der Waals surface area (Å²) in [6, 6.07) is 17.4. The molecule has 1 heterocycles. The molecule has 0 aliphatic carbocycles. The van der Waals surface area contributed by atoms with Crippen LogP contribution in [0.5, 0.6) is 11.5 Å². The highest BCUT2D eigenvalue weighted by molar-refractivity contribution is 6.51. The first-order valence-electron chi connectivity index (χ1n) is 10.5. The molecule has 1 atom stereocenters. The normalized spacial score (nSPS) is 17.2. The van der Waals surface area contributed by atoms with Gasteiger partial charge in [-0.3, -0.25) is 14.5 Å². The number of ether oxygens (including phenoxy) is 2. The molecule has 1 saturated heterocycles. The van der Waals surface area contributed by atoms with Gasteiger partial charge >= 0.3 is 0 Å². The molecule has 0 saturated carbocycles. The van der Waals surface area contributed by atoms with Crippen LogP contribution < -0.4 is 14.4 Å². The highest BCUT2D eigenvalue weighted by atomic mass is 35.5. The van der Waals surface area contributed by atoms with Gasteiger partial charge in [0.25, 0.3) is 11.7 Å². The van der Waals surface area contributed by atoms with Crippen molar-refractivity contribution in [1.82, 2.24) is 0 Å². The summed E-state index contributed by atoms with van der Waals surface area (Å²) in [6.45, 7) is 2.38. The number of methoxy groups -OCH3 is 1. The zero-order chi connectivity index (χ0) is 24.4. The second-order valence-electron chi connectivity index (χ2n) is 7.50. The van der Waals surface area contributed by atoms with Gasteiger partial charge in [0.05, 0.1) is 30.4 Å². The van der Waals surface area contributed by atoms with Gasteiger partial charge in [-0.2, -0.15) is 0 Å². The standard InChI is InChI=1S/C26H21Cl2NO5/c1-3-34-19-11-4-15(5-12-19)23-22(24(30)16-6-13-21(33-2)20(28)14-16)25(31)26(32)29(23)18-9-7-17(27)8-10-18/h4-14,23,30H,3H2,1-2H3/b24-22-. The number of hydrogen-bond donors (Lipinski definition) is 1. The number of rotatable bonds is 6. The van der Waals surface area contributed by atoms with E-state index < -0.39 is 17.7 Å². The lowest BCUT2D eigenvalue weighted by molar-refractivity contribution is -0.132. The van der Waals surface area contributed by atoms with Crippen LogP contribution in [-0.4, -0.2) is 30.5 Å². The first-order valence-corrected chi connectivity index (χ1v) is 11.2. The molecule has 3 aromatic rings. The zero-order valence-corrected chi connectivity index (χ0v) is 19.9. The van der Waals surface area contributed by atoms with Gasteiger partial charge in [-0.05, 0) is 67.1 Å². The molecule has 8 heteroatoms. The molecule has 1 fully saturated rings. The highest BCUT2D eigenvalue weighted by Gasteiger charge is 2.47. The van der Waals surface area contributed by atoms with E-state index in [1.807, 2.05) is 6.92 Å². The summed E-state index contributed by atoms with van der Waals surface area (Å²) in [5.41, 5.74) is 1.33. The predicted molar refractivity (Wildman–Crippen MR) is 132 cm³/mol. The molecule has 0 aromatic heterocycles. The third-order valence-corrected chi connectivity index (χ3v) is 6.03. The first-order chi connectivity index (χ1) is 16.3. The Labute approximate surface area is 206 Å². The molecule has 34 heavy (non-hydrogen) atoms. The molecule has 0 radical (unpaired) electrons. The lowest BCUT2D eigenvalue weighted by Gasteiger charge is -2.25. The number of halogens is 2. The number of Topliss-reactive ketones (excluding diaryl/α,β-unsaturated/α-hetero) is 1. The lowest BCUT2D eigenvalue weighted by Crippen LogP contribution is -2.29. The molecule has 1 N–H and O–H groups in total. The number of amides is 1. The van der Waals surface area contributed by atoms with Crippen molar-refractivity contribution in [2.24, 2.45) is 0 Å². The van der Waals surface area contributed by atoms with Crippen LogP contribution in [0.2, 0.25) is 10.0 Å². The van der Waals surface area contributed by atoms with Gasteiger partial charge in [-0.15, -0.1) is 0 Å². The monoisotopic (exact) mass is 497 g/mol. The molecule has 6 nitrogen and oxygen atoms in total. The summed E-state index contributed by atoms with van der Waals surface area (Å²) >= 11 is 12.3.